The molecular weight excluding hydrogens is 238 g/mol. The summed E-state index contributed by atoms with van der Waals surface area (Å²) in [7, 11) is 0. The van der Waals surface area contributed by atoms with Gasteiger partial charge in [-0.3, -0.25) is 4.68 Å². The largest absolute Gasteiger partial charge is 0.330 e. The minimum absolute atomic E-state index is 0.721. The summed E-state index contributed by atoms with van der Waals surface area (Å²) in [6, 6.07) is 0. The van der Waals surface area contributed by atoms with Gasteiger partial charge in [-0.2, -0.15) is 5.10 Å². The van der Waals surface area contributed by atoms with Crippen molar-refractivity contribution in [2.45, 2.75) is 32.9 Å². The summed E-state index contributed by atoms with van der Waals surface area (Å²) < 4.78 is 4.26. The van der Waals surface area contributed by atoms with Gasteiger partial charge in [-0.05, 0) is 31.8 Å². The lowest BCUT2D eigenvalue weighted by Crippen LogP contribution is -2.14. The standard InChI is InChI=1S/C14H21N5/c1-2-5-19-10-13(7-17-19)14-8-16-11-18(14)9-12-3-4-15-6-12/h7-8,10-12,15H,2-6,9H2,1H3. The van der Waals surface area contributed by atoms with Gasteiger partial charge in [0.25, 0.3) is 0 Å². The summed E-state index contributed by atoms with van der Waals surface area (Å²) >= 11 is 0. The van der Waals surface area contributed by atoms with E-state index < -0.39 is 0 Å². The Morgan fingerprint density at radius 3 is 3.16 bits per heavy atom. The maximum Gasteiger partial charge on any atom is 0.0951 e. The normalized spacial score (nSPS) is 19.1. The van der Waals surface area contributed by atoms with Gasteiger partial charge < -0.3 is 9.88 Å². The molecule has 1 unspecified atom stereocenters. The minimum atomic E-state index is 0.721. The Labute approximate surface area is 113 Å². The lowest BCUT2D eigenvalue weighted by atomic mass is 10.1. The maximum absolute atomic E-state index is 4.40. The van der Waals surface area contributed by atoms with Gasteiger partial charge in [0.1, 0.15) is 0 Å². The minimum Gasteiger partial charge on any atom is -0.330 e. The van der Waals surface area contributed by atoms with Crippen LogP contribution in [0.5, 0.6) is 0 Å². The van der Waals surface area contributed by atoms with Crippen LogP contribution in [0.25, 0.3) is 11.3 Å². The van der Waals surface area contributed by atoms with Gasteiger partial charge >= 0.3 is 0 Å². The van der Waals surface area contributed by atoms with Gasteiger partial charge in [0.05, 0.1) is 24.4 Å². The van der Waals surface area contributed by atoms with Gasteiger partial charge in [0.2, 0.25) is 0 Å². The second-order valence-corrected chi connectivity index (χ2v) is 5.28. The Morgan fingerprint density at radius 2 is 2.37 bits per heavy atom. The molecule has 1 aliphatic heterocycles. The van der Waals surface area contributed by atoms with Crippen LogP contribution >= 0.6 is 0 Å². The van der Waals surface area contributed by atoms with E-state index in [-0.39, 0.29) is 0 Å². The van der Waals surface area contributed by atoms with Gasteiger partial charge in [0.15, 0.2) is 0 Å². The average Bonchev–Trinajstić information content (AvgIpc) is 3.11. The van der Waals surface area contributed by atoms with Crippen LogP contribution in [-0.2, 0) is 13.1 Å². The highest BCUT2D eigenvalue weighted by atomic mass is 15.3. The van der Waals surface area contributed by atoms with Crippen LogP contribution in [0, 0.1) is 5.92 Å². The smallest absolute Gasteiger partial charge is 0.0951 e. The van der Waals surface area contributed by atoms with Crippen LogP contribution < -0.4 is 5.32 Å². The number of aryl methyl sites for hydroxylation is 1. The molecule has 0 bridgehead atoms. The zero-order valence-corrected chi connectivity index (χ0v) is 11.4. The highest BCUT2D eigenvalue weighted by Crippen LogP contribution is 2.21. The molecule has 0 spiro atoms. The molecule has 1 aliphatic rings. The predicted molar refractivity (Wildman–Crippen MR) is 74.7 cm³/mol. The van der Waals surface area contributed by atoms with Gasteiger partial charge in [-0.1, -0.05) is 6.92 Å². The van der Waals surface area contributed by atoms with E-state index in [9.17, 15) is 0 Å². The molecule has 0 saturated carbocycles. The van der Waals surface area contributed by atoms with Crippen LogP contribution in [-0.4, -0.2) is 32.4 Å². The molecule has 0 amide bonds. The van der Waals surface area contributed by atoms with Crippen molar-refractivity contribution in [1.29, 1.82) is 0 Å². The molecule has 102 valence electrons. The third-order valence-corrected chi connectivity index (χ3v) is 3.71. The molecule has 1 fully saturated rings. The number of hydrogen-bond acceptors (Lipinski definition) is 3. The van der Waals surface area contributed by atoms with Crippen LogP contribution in [0.3, 0.4) is 0 Å². The molecule has 3 rings (SSSR count). The first-order valence-electron chi connectivity index (χ1n) is 7.10. The molecule has 5 heteroatoms. The average molecular weight is 259 g/mol. The zero-order valence-electron chi connectivity index (χ0n) is 11.4. The second kappa shape index (κ2) is 5.57. The Hall–Kier alpha value is -1.62. The third-order valence-electron chi connectivity index (χ3n) is 3.71. The highest BCUT2D eigenvalue weighted by molar-refractivity contribution is 5.56. The topological polar surface area (TPSA) is 47.7 Å². The van der Waals surface area contributed by atoms with E-state index in [4.69, 9.17) is 0 Å². The number of hydrogen-bond donors (Lipinski definition) is 1. The molecule has 5 nitrogen and oxygen atoms in total. The Bertz CT molecular complexity index is 521. The van der Waals surface area contributed by atoms with Crippen LogP contribution in [0.15, 0.2) is 24.9 Å². The molecular formula is C14H21N5. The first-order chi connectivity index (χ1) is 9.36. The van der Waals surface area contributed by atoms with E-state index in [0.29, 0.717) is 0 Å². The molecule has 1 atom stereocenters. The first kappa shape index (κ1) is 12.4. The van der Waals surface area contributed by atoms with Crippen LogP contribution in [0.1, 0.15) is 19.8 Å². The van der Waals surface area contributed by atoms with Crippen LogP contribution in [0.2, 0.25) is 0 Å². The fourth-order valence-corrected chi connectivity index (χ4v) is 2.70. The number of rotatable bonds is 5. The monoisotopic (exact) mass is 259 g/mol. The van der Waals surface area contributed by atoms with E-state index in [0.717, 1.165) is 44.1 Å². The van der Waals surface area contributed by atoms with Crippen molar-refractivity contribution in [2.75, 3.05) is 13.1 Å². The fourth-order valence-electron chi connectivity index (χ4n) is 2.70. The van der Waals surface area contributed by atoms with Gasteiger partial charge in [-0.25, -0.2) is 4.98 Å². The maximum atomic E-state index is 4.40. The van der Waals surface area contributed by atoms with E-state index in [2.05, 4.69) is 33.1 Å². The van der Waals surface area contributed by atoms with Crippen molar-refractivity contribution in [1.82, 2.24) is 24.6 Å². The Morgan fingerprint density at radius 1 is 1.42 bits per heavy atom. The van der Waals surface area contributed by atoms with Crippen molar-refractivity contribution in [3.05, 3.63) is 24.9 Å². The van der Waals surface area contributed by atoms with Gasteiger partial charge in [-0.15, -0.1) is 0 Å². The highest BCUT2D eigenvalue weighted by Gasteiger charge is 2.17. The summed E-state index contributed by atoms with van der Waals surface area (Å²) in [6.45, 7) is 6.44. The predicted octanol–water partition coefficient (Wildman–Crippen LogP) is 1.77. The van der Waals surface area contributed by atoms with E-state index in [1.165, 1.54) is 12.1 Å². The molecule has 2 aromatic heterocycles. The van der Waals surface area contributed by atoms with Crippen molar-refractivity contribution in [3.8, 4) is 11.3 Å². The lowest BCUT2D eigenvalue weighted by molar-refractivity contribution is 0.484. The summed E-state index contributed by atoms with van der Waals surface area (Å²) in [5.74, 6) is 0.721. The Kier molecular flexibility index (Phi) is 3.64. The number of nitrogens with zero attached hydrogens (tertiary/aromatic N) is 4. The van der Waals surface area contributed by atoms with Crippen LogP contribution in [0.4, 0.5) is 0 Å². The molecule has 2 aromatic rings. The molecule has 0 aromatic carbocycles. The van der Waals surface area contributed by atoms with E-state index >= 15 is 0 Å². The first-order valence-corrected chi connectivity index (χ1v) is 7.10. The summed E-state index contributed by atoms with van der Waals surface area (Å²) in [4.78, 5) is 4.30. The fraction of sp³-hybridized carbons (Fsp3) is 0.571. The molecule has 0 radical (unpaired) electrons. The van der Waals surface area contributed by atoms with Crippen molar-refractivity contribution >= 4 is 0 Å². The van der Waals surface area contributed by atoms with Crippen molar-refractivity contribution < 1.29 is 0 Å². The third kappa shape index (κ3) is 2.71. The zero-order chi connectivity index (χ0) is 13.1. The van der Waals surface area contributed by atoms with E-state index in [1.54, 1.807) is 0 Å². The molecule has 0 aliphatic carbocycles. The molecule has 1 saturated heterocycles. The number of aromatic nitrogens is 4. The van der Waals surface area contributed by atoms with Gasteiger partial charge in [0, 0.05) is 24.8 Å². The molecule has 1 N–H and O–H groups in total. The SMILES string of the molecule is CCCn1cc(-c2cncn2CC2CCNC2)cn1. The quantitative estimate of drug-likeness (QED) is 0.890. The van der Waals surface area contributed by atoms with E-state index in [1.807, 2.05) is 23.4 Å². The summed E-state index contributed by atoms with van der Waals surface area (Å²) in [5.41, 5.74) is 2.34. The second-order valence-electron chi connectivity index (χ2n) is 5.28. The lowest BCUT2D eigenvalue weighted by Gasteiger charge is -2.11. The number of nitrogens with one attached hydrogen (secondary N) is 1. The Balaban J connectivity index is 1.77. The van der Waals surface area contributed by atoms with Crippen molar-refractivity contribution in [3.63, 3.8) is 0 Å². The molecule has 3 heterocycles. The summed E-state index contributed by atoms with van der Waals surface area (Å²) in [5, 5.41) is 7.81. The summed E-state index contributed by atoms with van der Waals surface area (Å²) in [6.07, 6.45) is 10.3. The number of imidazole rings is 1. The molecule has 19 heavy (non-hydrogen) atoms. The van der Waals surface area contributed by atoms with Crippen molar-refractivity contribution in [2.24, 2.45) is 5.92 Å².